The zero-order valence-corrected chi connectivity index (χ0v) is 18.3. The van der Waals surface area contributed by atoms with Gasteiger partial charge in [0.1, 0.15) is 5.82 Å². The van der Waals surface area contributed by atoms with E-state index in [0.29, 0.717) is 37.6 Å². The van der Waals surface area contributed by atoms with Crippen LogP contribution < -0.4 is 14.4 Å². The highest BCUT2D eigenvalue weighted by Crippen LogP contribution is 2.28. The molecule has 3 aromatic rings. The van der Waals surface area contributed by atoms with E-state index in [1.807, 2.05) is 29.2 Å². The molecule has 8 heteroatoms. The molecule has 0 saturated carbocycles. The minimum atomic E-state index is -0.265. The number of anilines is 1. The van der Waals surface area contributed by atoms with Crippen molar-refractivity contribution in [1.82, 2.24) is 15.1 Å². The summed E-state index contributed by atoms with van der Waals surface area (Å²) in [6.45, 7) is 2.85. The van der Waals surface area contributed by atoms with Crippen molar-refractivity contribution in [3.8, 4) is 22.8 Å². The standard InChI is InChI=1S/C24H27FN4O3/c1-31-21-9-4-17(14-22(21)32-2)15-24(30)29-11-3-10-28(12-13-29)23-16-20(26-27-23)18-5-7-19(25)8-6-18/h4-9,14,16H,3,10-13,15H2,1-2H3,(H,26,27). The molecule has 1 saturated heterocycles. The maximum absolute atomic E-state index is 13.2. The monoisotopic (exact) mass is 438 g/mol. The number of aromatic nitrogens is 2. The van der Waals surface area contributed by atoms with E-state index in [9.17, 15) is 9.18 Å². The molecule has 1 N–H and O–H groups in total. The molecule has 1 amide bonds. The molecule has 0 aliphatic carbocycles. The molecule has 7 nitrogen and oxygen atoms in total. The van der Waals surface area contributed by atoms with Gasteiger partial charge in [-0.25, -0.2) is 4.39 Å². The van der Waals surface area contributed by atoms with E-state index in [4.69, 9.17) is 9.47 Å². The van der Waals surface area contributed by atoms with Crippen LogP contribution in [0.1, 0.15) is 12.0 Å². The fraction of sp³-hybridized carbons (Fsp3) is 0.333. The predicted octanol–water partition coefficient (Wildman–Crippen LogP) is 3.51. The molecule has 1 aliphatic heterocycles. The first-order valence-corrected chi connectivity index (χ1v) is 10.6. The number of hydrogen-bond acceptors (Lipinski definition) is 5. The number of nitrogens with one attached hydrogen (secondary N) is 1. The van der Waals surface area contributed by atoms with Crippen LogP contribution in [0.3, 0.4) is 0 Å². The lowest BCUT2D eigenvalue weighted by molar-refractivity contribution is -0.130. The van der Waals surface area contributed by atoms with Crippen LogP contribution in [-0.4, -0.2) is 61.4 Å². The number of hydrogen-bond donors (Lipinski definition) is 1. The molecule has 1 fully saturated rings. The third kappa shape index (κ3) is 4.85. The van der Waals surface area contributed by atoms with Gasteiger partial charge >= 0.3 is 0 Å². The van der Waals surface area contributed by atoms with Crippen LogP contribution >= 0.6 is 0 Å². The Morgan fingerprint density at radius 1 is 1.00 bits per heavy atom. The minimum absolute atomic E-state index is 0.0908. The van der Waals surface area contributed by atoms with Crippen molar-refractivity contribution in [2.24, 2.45) is 0 Å². The Balaban J connectivity index is 1.38. The van der Waals surface area contributed by atoms with Crippen LogP contribution in [0, 0.1) is 5.82 Å². The number of carbonyl (C=O) groups excluding carboxylic acids is 1. The number of rotatable bonds is 6. The maximum Gasteiger partial charge on any atom is 0.227 e. The van der Waals surface area contributed by atoms with Crippen LogP contribution in [0.2, 0.25) is 0 Å². The second-order valence-corrected chi connectivity index (χ2v) is 7.73. The first-order valence-electron chi connectivity index (χ1n) is 10.6. The Kier molecular flexibility index (Phi) is 6.58. The maximum atomic E-state index is 13.2. The summed E-state index contributed by atoms with van der Waals surface area (Å²) < 4.78 is 23.8. The first-order chi connectivity index (χ1) is 15.6. The summed E-state index contributed by atoms with van der Waals surface area (Å²) in [6, 6.07) is 13.8. The number of ether oxygens (including phenoxy) is 2. The largest absolute Gasteiger partial charge is 0.493 e. The topological polar surface area (TPSA) is 70.7 Å². The normalized spacial score (nSPS) is 14.2. The molecule has 1 aromatic heterocycles. The Morgan fingerprint density at radius 3 is 2.53 bits per heavy atom. The number of aromatic amines is 1. The van der Waals surface area contributed by atoms with Gasteiger partial charge in [0.2, 0.25) is 5.91 Å². The number of halogens is 1. The molecule has 0 bridgehead atoms. The number of amides is 1. The second-order valence-electron chi connectivity index (χ2n) is 7.73. The van der Waals surface area contributed by atoms with Gasteiger partial charge in [0.05, 0.1) is 26.3 Å². The first kappa shape index (κ1) is 21.7. The zero-order chi connectivity index (χ0) is 22.5. The Bertz CT molecular complexity index is 1070. The molecule has 2 aromatic carbocycles. The van der Waals surface area contributed by atoms with Gasteiger partial charge in [-0.2, -0.15) is 5.10 Å². The SMILES string of the molecule is COc1ccc(CC(=O)N2CCCN(c3cc(-c4ccc(F)cc4)[nH]n3)CC2)cc1OC. The third-order valence-electron chi connectivity index (χ3n) is 5.70. The average molecular weight is 439 g/mol. The van der Waals surface area contributed by atoms with Crippen LogP contribution in [0.5, 0.6) is 11.5 Å². The van der Waals surface area contributed by atoms with E-state index in [1.165, 1.54) is 12.1 Å². The van der Waals surface area contributed by atoms with Gasteiger partial charge < -0.3 is 19.3 Å². The molecular weight excluding hydrogens is 411 g/mol. The Morgan fingerprint density at radius 2 is 1.78 bits per heavy atom. The highest BCUT2D eigenvalue weighted by molar-refractivity contribution is 5.79. The molecule has 4 rings (SSSR count). The fourth-order valence-corrected chi connectivity index (χ4v) is 3.92. The summed E-state index contributed by atoms with van der Waals surface area (Å²) in [5.41, 5.74) is 2.61. The fourth-order valence-electron chi connectivity index (χ4n) is 3.92. The van der Waals surface area contributed by atoms with Crippen LogP contribution in [0.25, 0.3) is 11.3 Å². The molecule has 1 aliphatic rings. The number of H-pyrrole nitrogens is 1. The van der Waals surface area contributed by atoms with Gasteiger partial charge in [-0.15, -0.1) is 0 Å². The lowest BCUT2D eigenvalue weighted by atomic mass is 10.1. The molecule has 32 heavy (non-hydrogen) atoms. The van der Waals surface area contributed by atoms with Crippen molar-refractivity contribution >= 4 is 11.7 Å². The van der Waals surface area contributed by atoms with Crippen molar-refractivity contribution in [3.63, 3.8) is 0 Å². The summed E-state index contributed by atoms with van der Waals surface area (Å²) in [6.07, 6.45) is 1.17. The van der Waals surface area contributed by atoms with Gasteiger partial charge in [-0.3, -0.25) is 9.89 Å². The van der Waals surface area contributed by atoms with Crippen LogP contribution in [0.4, 0.5) is 10.2 Å². The van der Waals surface area contributed by atoms with E-state index >= 15 is 0 Å². The zero-order valence-electron chi connectivity index (χ0n) is 18.3. The number of nitrogens with zero attached hydrogens (tertiary/aromatic N) is 3. The van der Waals surface area contributed by atoms with Crippen molar-refractivity contribution in [3.05, 3.63) is 59.9 Å². The van der Waals surface area contributed by atoms with E-state index < -0.39 is 0 Å². The van der Waals surface area contributed by atoms with Gasteiger partial charge in [0, 0.05) is 32.2 Å². The van der Waals surface area contributed by atoms with Crippen LogP contribution in [-0.2, 0) is 11.2 Å². The lowest BCUT2D eigenvalue weighted by Gasteiger charge is -2.22. The van der Waals surface area contributed by atoms with Crippen molar-refractivity contribution < 1.29 is 18.7 Å². The van der Waals surface area contributed by atoms with Gasteiger partial charge in [-0.05, 0) is 53.9 Å². The molecule has 168 valence electrons. The summed E-state index contributed by atoms with van der Waals surface area (Å²) in [5.74, 6) is 1.92. The number of benzene rings is 2. The van der Waals surface area contributed by atoms with Gasteiger partial charge in [0.25, 0.3) is 0 Å². The average Bonchev–Trinajstić information content (AvgIpc) is 3.17. The lowest BCUT2D eigenvalue weighted by Crippen LogP contribution is -2.36. The van der Waals surface area contributed by atoms with Gasteiger partial charge in [-0.1, -0.05) is 6.07 Å². The van der Waals surface area contributed by atoms with Gasteiger partial charge in [0.15, 0.2) is 17.3 Å². The van der Waals surface area contributed by atoms with E-state index in [0.717, 1.165) is 35.6 Å². The number of methoxy groups -OCH3 is 2. The Labute approximate surface area is 186 Å². The molecule has 0 radical (unpaired) electrons. The van der Waals surface area contributed by atoms with Crippen molar-refractivity contribution in [1.29, 1.82) is 0 Å². The summed E-state index contributed by atoms with van der Waals surface area (Å²) in [4.78, 5) is 17.0. The number of carbonyl (C=O) groups is 1. The third-order valence-corrected chi connectivity index (χ3v) is 5.70. The summed E-state index contributed by atoms with van der Waals surface area (Å²) in [7, 11) is 3.18. The highest BCUT2D eigenvalue weighted by Gasteiger charge is 2.21. The second kappa shape index (κ2) is 9.72. The molecule has 0 atom stereocenters. The van der Waals surface area contributed by atoms with Crippen LogP contribution in [0.15, 0.2) is 48.5 Å². The Hall–Kier alpha value is -3.55. The minimum Gasteiger partial charge on any atom is -0.493 e. The molecule has 0 unspecified atom stereocenters. The van der Waals surface area contributed by atoms with Crippen molar-refractivity contribution in [2.45, 2.75) is 12.8 Å². The quantitative estimate of drug-likeness (QED) is 0.638. The molecular formula is C24H27FN4O3. The smallest absolute Gasteiger partial charge is 0.227 e. The summed E-state index contributed by atoms with van der Waals surface area (Å²) in [5, 5.41) is 7.46. The highest BCUT2D eigenvalue weighted by atomic mass is 19.1. The van der Waals surface area contributed by atoms with Crippen molar-refractivity contribution in [2.75, 3.05) is 45.3 Å². The van der Waals surface area contributed by atoms with E-state index in [1.54, 1.807) is 26.4 Å². The summed E-state index contributed by atoms with van der Waals surface area (Å²) >= 11 is 0. The molecule has 0 spiro atoms. The van der Waals surface area contributed by atoms with E-state index in [-0.39, 0.29) is 11.7 Å². The molecule has 2 heterocycles. The predicted molar refractivity (Wildman–Crippen MR) is 121 cm³/mol. The van der Waals surface area contributed by atoms with E-state index in [2.05, 4.69) is 15.1 Å².